The van der Waals surface area contributed by atoms with Crippen LogP contribution in [0.5, 0.6) is 0 Å². The molecule has 0 unspecified atom stereocenters. The highest BCUT2D eigenvalue weighted by molar-refractivity contribution is 5.67. The topological polar surface area (TPSA) is 46.1 Å². The fourth-order valence-corrected chi connectivity index (χ4v) is 2.93. The van der Waals surface area contributed by atoms with Gasteiger partial charge in [-0.2, -0.15) is 4.58 Å². The largest absolute Gasteiger partial charge is 0.453 e. The average molecular weight is 300 g/mol. The Kier molecular flexibility index (Phi) is 3.72. The molecule has 0 saturated carbocycles. The summed E-state index contributed by atoms with van der Waals surface area (Å²) in [5.41, 5.74) is 1.41. The third-order valence-corrected chi connectivity index (χ3v) is 4.31. The number of rotatable bonds is 1. The van der Waals surface area contributed by atoms with Gasteiger partial charge in [-0.3, -0.25) is 0 Å². The van der Waals surface area contributed by atoms with Crippen molar-refractivity contribution < 1.29 is 18.8 Å². The maximum Gasteiger partial charge on any atom is 0.409 e. The molecular weight excluding hydrogens is 282 g/mol. The fourth-order valence-electron chi connectivity index (χ4n) is 2.93. The van der Waals surface area contributed by atoms with E-state index >= 15 is 0 Å². The lowest BCUT2D eigenvalue weighted by molar-refractivity contribution is -0.435. The van der Waals surface area contributed by atoms with Crippen LogP contribution in [0, 0.1) is 6.57 Å². The van der Waals surface area contributed by atoms with Crippen molar-refractivity contribution in [3.63, 3.8) is 0 Å². The van der Waals surface area contributed by atoms with Crippen LogP contribution >= 0.6 is 0 Å². The Hall–Kier alpha value is -2.55. The standard InChI is InChI=1S/C16H18N3O3/c1-17-13-3-5-14(6-4-13)19-11-16(22-12-19)7-9-18(10-8-16)15(20)21-2/h3-6,12H,7-11H2,2H3/q+1. The predicted octanol–water partition coefficient (Wildman–Crippen LogP) is 2.54. The SMILES string of the molecule is [C-]#[N+]c1ccc([N+]2=COC3(CCN(C(=O)OC)CC3)C2)cc1. The van der Waals surface area contributed by atoms with Crippen LogP contribution in [-0.4, -0.2) is 54.3 Å². The molecule has 6 nitrogen and oxygen atoms in total. The van der Waals surface area contributed by atoms with E-state index in [9.17, 15) is 4.79 Å². The average Bonchev–Trinajstić information content (AvgIpc) is 2.98. The number of methoxy groups -OCH3 is 1. The van der Waals surface area contributed by atoms with E-state index in [1.165, 1.54) is 7.11 Å². The molecule has 1 amide bonds. The molecule has 6 heteroatoms. The van der Waals surface area contributed by atoms with Gasteiger partial charge in [-0.05, 0) is 24.3 Å². The maximum atomic E-state index is 11.5. The number of piperidine rings is 1. The van der Waals surface area contributed by atoms with E-state index in [2.05, 4.69) is 9.42 Å². The minimum atomic E-state index is -0.275. The van der Waals surface area contributed by atoms with Gasteiger partial charge in [0.2, 0.25) is 5.69 Å². The van der Waals surface area contributed by atoms with E-state index in [-0.39, 0.29) is 11.7 Å². The summed E-state index contributed by atoms with van der Waals surface area (Å²) in [5, 5.41) is 0. The molecule has 22 heavy (non-hydrogen) atoms. The number of hydrogen-bond donors (Lipinski definition) is 0. The highest BCUT2D eigenvalue weighted by atomic mass is 16.5. The number of nitrogens with zero attached hydrogens (tertiary/aromatic N) is 3. The van der Waals surface area contributed by atoms with Gasteiger partial charge in [-0.15, -0.1) is 0 Å². The summed E-state index contributed by atoms with van der Waals surface area (Å²) in [6.07, 6.45) is 3.05. The van der Waals surface area contributed by atoms with Crippen LogP contribution < -0.4 is 0 Å². The lowest BCUT2D eigenvalue weighted by atomic mass is 9.91. The zero-order chi connectivity index (χ0) is 15.6. The smallest absolute Gasteiger partial charge is 0.409 e. The van der Waals surface area contributed by atoms with Gasteiger partial charge in [0, 0.05) is 25.9 Å². The van der Waals surface area contributed by atoms with Gasteiger partial charge < -0.3 is 14.4 Å². The molecule has 3 rings (SSSR count). The predicted molar refractivity (Wildman–Crippen MR) is 80.6 cm³/mol. The summed E-state index contributed by atoms with van der Waals surface area (Å²) in [7, 11) is 1.40. The second kappa shape index (κ2) is 5.68. The van der Waals surface area contributed by atoms with E-state index in [1.807, 2.05) is 12.1 Å². The minimum Gasteiger partial charge on any atom is -0.453 e. The molecule has 0 aromatic heterocycles. The van der Waals surface area contributed by atoms with Gasteiger partial charge in [0.15, 0.2) is 17.8 Å². The molecule has 1 aromatic rings. The Morgan fingerprint density at radius 3 is 2.64 bits per heavy atom. The number of carbonyl (C=O) groups excluding carboxylic acids is 1. The number of carbonyl (C=O) groups is 1. The van der Waals surface area contributed by atoms with Crippen molar-refractivity contribution in [1.82, 2.24) is 4.90 Å². The van der Waals surface area contributed by atoms with E-state index < -0.39 is 0 Å². The van der Waals surface area contributed by atoms with E-state index in [4.69, 9.17) is 16.0 Å². The van der Waals surface area contributed by atoms with E-state index in [0.29, 0.717) is 18.8 Å². The van der Waals surface area contributed by atoms with Crippen LogP contribution in [0.25, 0.3) is 4.85 Å². The normalized spacial score (nSPS) is 19.3. The molecule has 0 aliphatic carbocycles. The lowest BCUT2D eigenvalue weighted by Gasteiger charge is -2.35. The van der Waals surface area contributed by atoms with Gasteiger partial charge in [0.25, 0.3) is 0 Å². The zero-order valence-corrected chi connectivity index (χ0v) is 12.5. The number of amides is 1. The van der Waals surface area contributed by atoms with E-state index in [0.717, 1.165) is 25.1 Å². The number of hydrogen-bond acceptors (Lipinski definition) is 3. The Labute approximate surface area is 129 Å². The monoisotopic (exact) mass is 300 g/mol. The maximum absolute atomic E-state index is 11.5. The molecule has 1 aromatic carbocycles. The van der Waals surface area contributed by atoms with Crippen LogP contribution in [0.3, 0.4) is 0 Å². The van der Waals surface area contributed by atoms with Crippen LogP contribution in [0.15, 0.2) is 24.3 Å². The summed E-state index contributed by atoms with van der Waals surface area (Å²) < 4.78 is 12.7. The first-order valence-electron chi connectivity index (χ1n) is 7.24. The van der Waals surface area contributed by atoms with Gasteiger partial charge in [0.05, 0.1) is 13.7 Å². The van der Waals surface area contributed by atoms with Crippen LogP contribution in [0.4, 0.5) is 16.2 Å². The summed E-state index contributed by atoms with van der Waals surface area (Å²) >= 11 is 0. The van der Waals surface area contributed by atoms with Crippen molar-refractivity contribution in [3.05, 3.63) is 35.7 Å². The van der Waals surface area contributed by atoms with Gasteiger partial charge in [0.1, 0.15) is 0 Å². The molecule has 0 N–H and O–H groups in total. The molecule has 1 spiro atoms. The lowest BCUT2D eigenvalue weighted by Crippen LogP contribution is -2.48. The molecule has 0 radical (unpaired) electrons. The van der Waals surface area contributed by atoms with E-state index in [1.54, 1.807) is 23.4 Å². The molecule has 1 saturated heterocycles. The Balaban J connectivity index is 1.64. The first-order valence-corrected chi connectivity index (χ1v) is 7.24. The third kappa shape index (κ3) is 2.62. The Bertz CT molecular complexity index is 638. The van der Waals surface area contributed by atoms with Crippen LogP contribution in [0.2, 0.25) is 0 Å². The summed E-state index contributed by atoms with van der Waals surface area (Å²) in [5.74, 6) is 0. The molecule has 2 heterocycles. The summed E-state index contributed by atoms with van der Waals surface area (Å²) in [6.45, 7) is 9.04. The first kappa shape index (κ1) is 14.4. The molecule has 0 atom stereocenters. The number of likely N-dealkylation sites (tertiary alicyclic amines) is 1. The van der Waals surface area contributed by atoms with Crippen molar-refractivity contribution in [1.29, 1.82) is 0 Å². The van der Waals surface area contributed by atoms with Crippen molar-refractivity contribution in [2.45, 2.75) is 18.4 Å². The summed E-state index contributed by atoms with van der Waals surface area (Å²) in [4.78, 5) is 16.6. The fraction of sp³-hybridized carbons (Fsp3) is 0.438. The second-order valence-electron chi connectivity index (χ2n) is 5.62. The van der Waals surface area contributed by atoms with Crippen molar-refractivity contribution in [3.8, 4) is 0 Å². The highest BCUT2D eigenvalue weighted by Gasteiger charge is 2.46. The Morgan fingerprint density at radius 2 is 2.05 bits per heavy atom. The number of ether oxygens (including phenoxy) is 2. The van der Waals surface area contributed by atoms with Crippen LogP contribution in [0.1, 0.15) is 12.8 Å². The third-order valence-electron chi connectivity index (χ3n) is 4.31. The van der Waals surface area contributed by atoms with Gasteiger partial charge in [-0.25, -0.2) is 9.64 Å². The second-order valence-corrected chi connectivity index (χ2v) is 5.62. The van der Waals surface area contributed by atoms with Gasteiger partial charge >= 0.3 is 12.5 Å². The summed E-state index contributed by atoms with van der Waals surface area (Å²) in [6, 6.07) is 7.47. The minimum absolute atomic E-state index is 0.233. The molecule has 114 valence electrons. The van der Waals surface area contributed by atoms with Crippen molar-refractivity contribution >= 4 is 23.9 Å². The van der Waals surface area contributed by atoms with Crippen molar-refractivity contribution in [2.75, 3.05) is 26.7 Å². The molecule has 2 aliphatic heterocycles. The zero-order valence-electron chi connectivity index (χ0n) is 12.5. The quantitative estimate of drug-likeness (QED) is 0.591. The molecule has 1 fully saturated rings. The first-order chi connectivity index (χ1) is 10.7. The highest BCUT2D eigenvalue weighted by Crippen LogP contribution is 2.32. The Morgan fingerprint density at radius 1 is 1.36 bits per heavy atom. The van der Waals surface area contributed by atoms with Crippen LogP contribution in [-0.2, 0) is 9.47 Å². The molecule has 2 aliphatic rings. The van der Waals surface area contributed by atoms with Crippen molar-refractivity contribution in [2.24, 2.45) is 0 Å². The number of benzene rings is 1. The van der Waals surface area contributed by atoms with Gasteiger partial charge in [-0.1, -0.05) is 0 Å². The molecular formula is C16H18N3O3+. The molecule has 0 bridgehead atoms.